The van der Waals surface area contributed by atoms with Gasteiger partial charge in [0.2, 0.25) is 0 Å². The number of halogens is 1. The summed E-state index contributed by atoms with van der Waals surface area (Å²) >= 11 is 1.97. The summed E-state index contributed by atoms with van der Waals surface area (Å²) in [6.45, 7) is 6.62. The Morgan fingerprint density at radius 3 is 2.61 bits per heavy atom. The third-order valence-corrected chi connectivity index (χ3v) is 3.52. The van der Waals surface area contributed by atoms with E-state index in [4.69, 9.17) is 9.47 Å². The SMILES string of the molecule is CC(C)(C)OC(=O)N1Cc2ccc(/C=C/C(=O)OCI)cc2C1. The van der Waals surface area contributed by atoms with Crippen LogP contribution in [0.15, 0.2) is 24.3 Å². The normalized spacial score (nSPS) is 14.0. The Labute approximate surface area is 149 Å². The van der Waals surface area contributed by atoms with E-state index in [-0.39, 0.29) is 12.1 Å². The van der Waals surface area contributed by atoms with Gasteiger partial charge in [0.05, 0.1) is 0 Å². The molecular formula is C17H20INO4. The van der Waals surface area contributed by atoms with Gasteiger partial charge < -0.3 is 9.47 Å². The van der Waals surface area contributed by atoms with Gasteiger partial charge in [-0.25, -0.2) is 9.59 Å². The largest absolute Gasteiger partial charge is 0.452 e. The summed E-state index contributed by atoms with van der Waals surface area (Å²) in [6.07, 6.45) is 2.81. The lowest BCUT2D eigenvalue weighted by Crippen LogP contribution is -2.33. The summed E-state index contributed by atoms with van der Waals surface area (Å²) in [6, 6.07) is 5.88. The van der Waals surface area contributed by atoms with Crippen molar-refractivity contribution >= 4 is 40.7 Å². The first kappa shape index (κ1) is 17.8. The highest BCUT2D eigenvalue weighted by atomic mass is 127. The van der Waals surface area contributed by atoms with Crippen LogP contribution < -0.4 is 0 Å². The average molecular weight is 429 g/mol. The first-order valence-electron chi connectivity index (χ1n) is 7.29. The van der Waals surface area contributed by atoms with Crippen molar-refractivity contribution in [2.45, 2.75) is 39.5 Å². The third-order valence-electron chi connectivity index (χ3n) is 3.21. The molecule has 0 aromatic heterocycles. The van der Waals surface area contributed by atoms with Gasteiger partial charge in [0.1, 0.15) is 10.2 Å². The third kappa shape index (κ3) is 5.23. The molecule has 23 heavy (non-hydrogen) atoms. The predicted octanol–water partition coefficient (Wildman–Crippen LogP) is 3.89. The minimum absolute atomic E-state index is 0.309. The average Bonchev–Trinajstić information content (AvgIpc) is 2.87. The van der Waals surface area contributed by atoms with E-state index in [1.54, 1.807) is 11.0 Å². The molecule has 1 aromatic carbocycles. The summed E-state index contributed by atoms with van der Waals surface area (Å²) in [5, 5.41) is 0. The molecule has 1 aromatic rings. The molecule has 1 amide bonds. The van der Waals surface area contributed by atoms with Crippen LogP contribution in [0.3, 0.4) is 0 Å². The minimum Gasteiger partial charge on any atom is -0.452 e. The summed E-state index contributed by atoms with van der Waals surface area (Å²) in [7, 11) is 0. The maximum absolute atomic E-state index is 12.1. The van der Waals surface area contributed by atoms with E-state index in [0.29, 0.717) is 17.7 Å². The number of hydrogen-bond acceptors (Lipinski definition) is 4. The van der Waals surface area contributed by atoms with Gasteiger partial charge in [-0.2, -0.15) is 0 Å². The maximum Gasteiger partial charge on any atom is 0.410 e. The number of ether oxygens (including phenoxy) is 2. The van der Waals surface area contributed by atoms with Crippen molar-refractivity contribution in [3.05, 3.63) is 41.0 Å². The number of alkyl halides is 1. The Morgan fingerprint density at radius 2 is 1.96 bits per heavy atom. The predicted molar refractivity (Wildman–Crippen MR) is 95.9 cm³/mol. The van der Waals surface area contributed by atoms with Gasteiger partial charge in [-0.1, -0.05) is 12.1 Å². The fraction of sp³-hybridized carbons (Fsp3) is 0.412. The van der Waals surface area contributed by atoms with Crippen molar-refractivity contribution in [1.82, 2.24) is 4.90 Å². The van der Waals surface area contributed by atoms with E-state index in [1.165, 1.54) is 6.08 Å². The molecule has 0 N–H and O–H groups in total. The van der Waals surface area contributed by atoms with E-state index >= 15 is 0 Å². The Bertz CT molecular complexity index is 634. The zero-order valence-electron chi connectivity index (χ0n) is 13.5. The highest BCUT2D eigenvalue weighted by Crippen LogP contribution is 2.26. The molecule has 0 saturated carbocycles. The molecule has 1 aliphatic rings. The molecule has 0 radical (unpaired) electrons. The van der Waals surface area contributed by atoms with Gasteiger partial charge in [-0.05, 0) is 72.2 Å². The van der Waals surface area contributed by atoms with Gasteiger partial charge in [0.25, 0.3) is 0 Å². The van der Waals surface area contributed by atoms with E-state index < -0.39 is 5.60 Å². The van der Waals surface area contributed by atoms with Crippen molar-refractivity contribution < 1.29 is 19.1 Å². The Balaban J connectivity index is 2.04. The second kappa shape index (κ2) is 7.33. The number of hydrogen-bond donors (Lipinski definition) is 0. The molecule has 5 nitrogen and oxygen atoms in total. The first-order valence-corrected chi connectivity index (χ1v) is 8.81. The molecule has 0 atom stereocenters. The van der Waals surface area contributed by atoms with Crippen molar-refractivity contribution in [2.75, 3.05) is 4.61 Å². The molecular weight excluding hydrogens is 409 g/mol. The van der Waals surface area contributed by atoms with Gasteiger partial charge in [0.15, 0.2) is 0 Å². The number of rotatable bonds is 3. The fourth-order valence-corrected chi connectivity index (χ4v) is 2.55. The Morgan fingerprint density at radius 1 is 1.26 bits per heavy atom. The molecule has 124 valence electrons. The number of amides is 1. The van der Waals surface area contributed by atoms with E-state index in [2.05, 4.69) is 0 Å². The van der Waals surface area contributed by atoms with Crippen molar-refractivity contribution in [3.63, 3.8) is 0 Å². The summed E-state index contributed by atoms with van der Waals surface area (Å²) in [4.78, 5) is 25.1. The number of carbonyl (C=O) groups is 2. The number of benzene rings is 1. The highest BCUT2D eigenvalue weighted by Gasteiger charge is 2.27. The fourth-order valence-electron chi connectivity index (χ4n) is 2.24. The van der Waals surface area contributed by atoms with Crippen LogP contribution in [0.4, 0.5) is 4.79 Å². The van der Waals surface area contributed by atoms with Gasteiger partial charge in [0, 0.05) is 19.2 Å². The standard InChI is InChI=1S/C17H20INO4/c1-17(2,3)23-16(21)19-9-13-6-4-12(8-14(13)10-19)5-7-15(20)22-11-18/h4-8H,9-11H2,1-3H3/b7-5+. The summed E-state index contributed by atoms with van der Waals surface area (Å²) < 4.78 is 10.6. The van der Waals surface area contributed by atoms with Crippen molar-refractivity contribution in [3.8, 4) is 0 Å². The minimum atomic E-state index is -0.501. The van der Waals surface area contributed by atoms with Crippen LogP contribution in [0.2, 0.25) is 0 Å². The van der Waals surface area contributed by atoms with Crippen LogP contribution in [0.5, 0.6) is 0 Å². The molecule has 0 unspecified atom stereocenters. The Kier molecular flexibility index (Phi) is 5.67. The quantitative estimate of drug-likeness (QED) is 0.317. The summed E-state index contributed by atoms with van der Waals surface area (Å²) in [5.41, 5.74) is 2.57. The lowest BCUT2D eigenvalue weighted by atomic mass is 10.1. The van der Waals surface area contributed by atoms with Crippen LogP contribution in [-0.2, 0) is 27.4 Å². The molecule has 0 bridgehead atoms. The lowest BCUT2D eigenvalue weighted by molar-refractivity contribution is -0.135. The summed E-state index contributed by atoms with van der Waals surface area (Å²) in [5.74, 6) is -0.365. The maximum atomic E-state index is 12.1. The molecule has 1 aliphatic heterocycles. The Hall–Kier alpha value is -1.57. The lowest BCUT2D eigenvalue weighted by Gasteiger charge is -2.24. The monoisotopic (exact) mass is 429 g/mol. The highest BCUT2D eigenvalue weighted by molar-refractivity contribution is 14.1. The topological polar surface area (TPSA) is 55.8 Å². The van der Waals surface area contributed by atoms with Crippen LogP contribution in [0.1, 0.15) is 37.5 Å². The molecule has 0 aliphatic carbocycles. The molecule has 2 rings (SSSR count). The molecule has 0 fully saturated rings. The van der Waals surface area contributed by atoms with Crippen LogP contribution >= 0.6 is 22.6 Å². The van der Waals surface area contributed by atoms with Crippen LogP contribution in [0, 0.1) is 0 Å². The number of nitrogens with zero attached hydrogens (tertiary/aromatic N) is 1. The second-order valence-electron chi connectivity index (χ2n) is 6.27. The number of esters is 1. The zero-order chi connectivity index (χ0) is 17.0. The van der Waals surface area contributed by atoms with E-state index in [9.17, 15) is 9.59 Å². The van der Waals surface area contributed by atoms with Crippen molar-refractivity contribution in [2.24, 2.45) is 0 Å². The van der Waals surface area contributed by atoms with E-state index in [1.807, 2.05) is 61.6 Å². The van der Waals surface area contributed by atoms with Crippen LogP contribution in [-0.4, -0.2) is 27.2 Å². The van der Waals surface area contributed by atoms with Crippen molar-refractivity contribution in [1.29, 1.82) is 0 Å². The van der Waals surface area contributed by atoms with E-state index in [0.717, 1.165) is 16.7 Å². The molecule has 6 heteroatoms. The zero-order valence-corrected chi connectivity index (χ0v) is 15.6. The number of fused-ring (bicyclic) bond motifs is 1. The molecule has 0 saturated heterocycles. The van der Waals surface area contributed by atoms with Gasteiger partial charge >= 0.3 is 12.1 Å². The van der Waals surface area contributed by atoms with Gasteiger partial charge in [-0.15, -0.1) is 0 Å². The van der Waals surface area contributed by atoms with Crippen LogP contribution in [0.25, 0.3) is 6.08 Å². The second-order valence-corrected chi connectivity index (χ2v) is 6.89. The first-order chi connectivity index (χ1) is 10.8. The molecule has 0 spiro atoms. The number of carbonyl (C=O) groups excluding carboxylic acids is 2. The van der Waals surface area contributed by atoms with Gasteiger partial charge in [-0.3, -0.25) is 4.90 Å². The smallest absolute Gasteiger partial charge is 0.410 e. The molecule has 1 heterocycles.